The lowest BCUT2D eigenvalue weighted by atomic mass is 10.2. The van der Waals surface area contributed by atoms with Crippen LogP contribution in [-0.2, 0) is 11.3 Å². The molecule has 1 N–H and O–H groups in total. The number of amides is 1. The molecule has 0 bridgehead atoms. The Labute approximate surface area is 216 Å². The molecule has 1 saturated heterocycles. The van der Waals surface area contributed by atoms with Gasteiger partial charge in [0, 0.05) is 50.0 Å². The fourth-order valence-electron chi connectivity index (χ4n) is 5.03. The fourth-order valence-corrected chi connectivity index (χ4v) is 5.03. The van der Waals surface area contributed by atoms with Gasteiger partial charge in [0.1, 0.15) is 11.3 Å². The van der Waals surface area contributed by atoms with Gasteiger partial charge >= 0.3 is 0 Å². The van der Waals surface area contributed by atoms with Crippen LogP contribution in [0.1, 0.15) is 36.3 Å². The van der Waals surface area contributed by atoms with Gasteiger partial charge in [0.2, 0.25) is 5.62 Å². The molecule has 2 aromatic heterocycles. The molecule has 2 aliphatic heterocycles. The molecular weight excluding hydrogens is 472 g/mol. The highest BCUT2D eigenvalue weighted by atomic mass is 16.5. The van der Waals surface area contributed by atoms with Gasteiger partial charge in [-0.05, 0) is 51.5 Å². The molecule has 1 aromatic carbocycles. The number of aromatic nitrogens is 3. The number of pyridine rings is 1. The van der Waals surface area contributed by atoms with Crippen molar-refractivity contribution in [3.63, 3.8) is 0 Å². The summed E-state index contributed by atoms with van der Waals surface area (Å²) >= 11 is 0. The van der Waals surface area contributed by atoms with Crippen LogP contribution in [0.5, 0.6) is 11.5 Å². The first-order valence-corrected chi connectivity index (χ1v) is 12.8. The Hall–Kier alpha value is -3.50. The fraction of sp³-hybridized carbons (Fsp3) is 0.481. The largest absolute Gasteiger partial charge is 0.491 e. The first kappa shape index (κ1) is 25.2. The van der Waals surface area contributed by atoms with Gasteiger partial charge in [-0.1, -0.05) is 0 Å². The lowest BCUT2D eigenvalue weighted by Crippen LogP contribution is -2.45. The molecule has 2 aliphatic rings. The van der Waals surface area contributed by atoms with Gasteiger partial charge in [-0.3, -0.25) is 19.2 Å². The molecule has 1 amide bonds. The molecule has 0 saturated carbocycles. The zero-order chi connectivity index (χ0) is 25.9. The second-order valence-corrected chi connectivity index (χ2v) is 9.66. The van der Waals surface area contributed by atoms with E-state index in [2.05, 4.69) is 34.0 Å². The van der Waals surface area contributed by atoms with Crippen molar-refractivity contribution in [1.29, 1.82) is 0 Å². The highest BCUT2D eigenvalue weighted by Gasteiger charge is 2.23. The summed E-state index contributed by atoms with van der Waals surface area (Å²) in [4.78, 5) is 28.6. The number of anilines is 1. The standard InChI is InChI=1S/C27H34N6O4/c1-17-6-7-20(14-29-17)26(34)31-27-30-23-21(25-28-10-12-33(25)27)8-9-22(24(23)35-4)36-13-5-11-32-15-18(2)37-19(3)16-32/h6-9,14,18-19,28H,5,10-13,15-16H2,1-4H3. The normalized spacial score (nSPS) is 20.1. The van der Waals surface area contributed by atoms with E-state index in [0.717, 1.165) is 49.5 Å². The molecule has 10 nitrogen and oxygen atoms in total. The van der Waals surface area contributed by atoms with E-state index in [1.165, 1.54) is 6.20 Å². The minimum atomic E-state index is -0.390. The van der Waals surface area contributed by atoms with Crippen LogP contribution in [0.25, 0.3) is 10.9 Å². The van der Waals surface area contributed by atoms with E-state index in [1.807, 2.05) is 23.6 Å². The molecule has 2 atom stereocenters. The van der Waals surface area contributed by atoms with E-state index in [0.29, 0.717) is 41.3 Å². The molecule has 10 heteroatoms. The van der Waals surface area contributed by atoms with E-state index in [1.54, 1.807) is 19.2 Å². The summed E-state index contributed by atoms with van der Waals surface area (Å²) in [5.41, 5.74) is 2.18. The number of nitrogens with zero attached hydrogens (tertiary/aromatic N) is 5. The maximum Gasteiger partial charge on any atom is 0.281 e. The number of methoxy groups -OCH3 is 1. The van der Waals surface area contributed by atoms with E-state index >= 15 is 0 Å². The Morgan fingerprint density at radius 3 is 2.76 bits per heavy atom. The highest BCUT2D eigenvalue weighted by Crippen LogP contribution is 2.37. The Morgan fingerprint density at radius 1 is 1.22 bits per heavy atom. The Morgan fingerprint density at radius 2 is 2.03 bits per heavy atom. The topological polar surface area (TPSA) is 103 Å². The van der Waals surface area contributed by atoms with Crippen LogP contribution in [0.2, 0.25) is 0 Å². The average Bonchev–Trinajstić information content (AvgIpc) is 3.37. The third-order valence-corrected chi connectivity index (χ3v) is 6.64. The zero-order valence-corrected chi connectivity index (χ0v) is 21.9. The predicted molar refractivity (Wildman–Crippen MR) is 140 cm³/mol. The SMILES string of the molecule is COc1c(OCCCN2CC(C)OC(C)C2)ccc2c3n(c(=NC(=O)c4ccc(C)nc4)nc12)CCN3. The van der Waals surface area contributed by atoms with Crippen LogP contribution >= 0.6 is 0 Å². The van der Waals surface area contributed by atoms with Crippen molar-refractivity contribution in [2.75, 3.05) is 45.2 Å². The van der Waals surface area contributed by atoms with E-state index < -0.39 is 0 Å². The quantitative estimate of drug-likeness (QED) is 0.488. The first-order valence-electron chi connectivity index (χ1n) is 12.8. The van der Waals surface area contributed by atoms with E-state index in [4.69, 9.17) is 19.2 Å². The number of benzene rings is 1. The zero-order valence-electron chi connectivity index (χ0n) is 21.9. The van der Waals surface area contributed by atoms with Crippen LogP contribution in [0.15, 0.2) is 35.5 Å². The van der Waals surface area contributed by atoms with Crippen molar-refractivity contribution < 1.29 is 19.0 Å². The van der Waals surface area contributed by atoms with Crippen molar-refractivity contribution in [2.24, 2.45) is 4.99 Å². The van der Waals surface area contributed by atoms with Crippen LogP contribution in [-0.4, -0.2) is 77.4 Å². The molecule has 0 radical (unpaired) electrons. The third kappa shape index (κ3) is 5.45. The summed E-state index contributed by atoms with van der Waals surface area (Å²) < 4.78 is 19.7. The molecular formula is C27H34N6O4. The second kappa shape index (κ2) is 10.9. The van der Waals surface area contributed by atoms with Gasteiger partial charge in [0.15, 0.2) is 11.5 Å². The lowest BCUT2D eigenvalue weighted by Gasteiger charge is -2.35. The number of rotatable bonds is 7. The number of aryl methyl sites for hydroxylation is 1. The van der Waals surface area contributed by atoms with Crippen molar-refractivity contribution in [2.45, 2.75) is 45.9 Å². The van der Waals surface area contributed by atoms with Gasteiger partial charge in [0.25, 0.3) is 5.91 Å². The van der Waals surface area contributed by atoms with Crippen LogP contribution in [0.3, 0.4) is 0 Å². The van der Waals surface area contributed by atoms with Crippen LogP contribution in [0.4, 0.5) is 5.82 Å². The number of carbonyl (C=O) groups is 1. The number of hydrogen-bond donors (Lipinski definition) is 1. The van der Waals surface area contributed by atoms with Gasteiger partial charge in [-0.2, -0.15) is 4.99 Å². The summed E-state index contributed by atoms with van der Waals surface area (Å²) in [6, 6.07) is 7.42. The van der Waals surface area contributed by atoms with Gasteiger partial charge in [0.05, 0.1) is 31.5 Å². The second-order valence-electron chi connectivity index (χ2n) is 9.66. The smallest absolute Gasteiger partial charge is 0.281 e. The van der Waals surface area contributed by atoms with Crippen molar-refractivity contribution in [3.05, 3.63) is 47.3 Å². The molecule has 0 aliphatic carbocycles. The summed E-state index contributed by atoms with van der Waals surface area (Å²) in [5.74, 6) is 1.62. The molecule has 2 unspecified atom stereocenters. The monoisotopic (exact) mass is 506 g/mol. The molecule has 3 aromatic rings. The van der Waals surface area contributed by atoms with Crippen molar-refractivity contribution in [3.8, 4) is 11.5 Å². The minimum Gasteiger partial charge on any atom is -0.491 e. The molecule has 1 fully saturated rings. The molecule has 196 valence electrons. The number of morpholine rings is 1. The Kier molecular flexibility index (Phi) is 7.38. The summed E-state index contributed by atoms with van der Waals surface area (Å²) in [5, 5.41) is 4.29. The Bertz CT molecular complexity index is 1340. The van der Waals surface area contributed by atoms with Crippen molar-refractivity contribution in [1.82, 2.24) is 19.4 Å². The van der Waals surface area contributed by atoms with Gasteiger partial charge < -0.3 is 19.5 Å². The number of hydrogen-bond acceptors (Lipinski definition) is 8. The maximum absolute atomic E-state index is 12.9. The third-order valence-electron chi connectivity index (χ3n) is 6.64. The van der Waals surface area contributed by atoms with E-state index in [9.17, 15) is 4.79 Å². The molecule has 5 rings (SSSR count). The molecule has 0 spiro atoms. The molecule has 4 heterocycles. The number of fused-ring (bicyclic) bond motifs is 3. The van der Waals surface area contributed by atoms with Crippen LogP contribution in [0, 0.1) is 6.92 Å². The maximum atomic E-state index is 12.9. The predicted octanol–water partition coefficient (Wildman–Crippen LogP) is 2.79. The summed E-state index contributed by atoms with van der Waals surface area (Å²) in [7, 11) is 1.60. The van der Waals surface area contributed by atoms with Gasteiger partial charge in [-0.15, -0.1) is 0 Å². The number of carbonyl (C=O) groups excluding carboxylic acids is 1. The first-order chi connectivity index (χ1) is 17.9. The number of nitrogens with one attached hydrogen (secondary N) is 1. The average molecular weight is 507 g/mol. The lowest BCUT2D eigenvalue weighted by molar-refractivity contribution is -0.0686. The summed E-state index contributed by atoms with van der Waals surface area (Å²) in [6.07, 6.45) is 2.92. The van der Waals surface area contributed by atoms with E-state index in [-0.39, 0.29) is 18.1 Å². The van der Waals surface area contributed by atoms with Gasteiger partial charge in [-0.25, -0.2) is 4.98 Å². The minimum absolute atomic E-state index is 0.248. The Balaban J connectivity index is 1.40. The highest BCUT2D eigenvalue weighted by molar-refractivity contribution is 5.96. The molecule has 37 heavy (non-hydrogen) atoms. The summed E-state index contributed by atoms with van der Waals surface area (Å²) in [6.45, 7) is 10.9. The van der Waals surface area contributed by atoms with Crippen molar-refractivity contribution >= 4 is 22.6 Å². The number of ether oxygens (including phenoxy) is 3. The van der Waals surface area contributed by atoms with Crippen LogP contribution < -0.4 is 20.4 Å².